The molecule has 0 unspecified atom stereocenters. The molecule has 0 aliphatic carbocycles. The van der Waals surface area contributed by atoms with Crippen molar-refractivity contribution in [3.8, 4) is 5.75 Å². The van der Waals surface area contributed by atoms with Crippen LogP contribution in [-0.2, 0) is 4.79 Å². The van der Waals surface area contributed by atoms with Crippen LogP contribution in [0.2, 0.25) is 0 Å². The molecule has 0 amide bonds. The van der Waals surface area contributed by atoms with Gasteiger partial charge in [0.1, 0.15) is 5.75 Å². The highest BCUT2D eigenvalue weighted by molar-refractivity contribution is 6.33. The highest BCUT2D eigenvalue weighted by Gasteiger charge is 2.09. The van der Waals surface area contributed by atoms with Crippen molar-refractivity contribution in [2.75, 3.05) is 7.11 Å². The maximum absolute atomic E-state index is 11.9. The molecule has 4 heteroatoms. The van der Waals surface area contributed by atoms with Gasteiger partial charge in [0, 0.05) is 5.56 Å². The summed E-state index contributed by atoms with van der Waals surface area (Å²) in [5.74, 6) is 0.195. The average molecular weight is 281 g/mol. The number of ketones is 2. The molecule has 0 bridgehead atoms. The van der Waals surface area contributed by atoms with Crippen LogP contribution in [0.25, 0.3) is 0 Å². The van der Waals surface area contributed by atoms with E-state index in [-0.39, 0.29) is 18.0 Å². The van der Waals surface area contributed by atoms with Gasteiger partial charge in [-0.25, -0.2) is 0 Å². The molecule has 0 aliphatic rings. The fourth-order valence-corrected chi connectivity index (χ4v) is 1.74. The smallest absolute Gasteiger partial charge is 0.181 e. The molecule has 0 fully saturated rings. The number of Topliss-reactive ketones (excluding diaryl/α,β-unsaturated/α-hetero) is 2. The molecule has 106 valence electrons. The lowest BCUT2D eigenvalue weighted by Crippen LogP contribution is -2.08. The second kappa shape index (κ2) is 7.14. The Morgan fingerprint density at radius 3 is 2.33 bits per heavy atom. The zero-order valence-electron chi connectivity index (χ0n) is 11.7. The number of carbonyl (C=O) groups excluding carboxylic acids is 2. The Balaban J connectivity index is 1.94. The Hall–Kier alpha value is -2.75. The topological polar surface area (TPSA) is 55.7 Å². The number of methoxy groups -OCH3 is 1. The molecular formula is C17H15NO3. The van der Waals surface area contributed by atoms with E-state index >= 15 is 0 Å². The standard InChI is InChI=1S/C17H15NO3/c1-21-16-9-7-14(8-10-16)18-12-15(19)11-17(20)13-5-3-2-4-6-13/h2-10,12H,11H2,1H3. The number of hydrogen-bond acceptors (Lipinski definition) is 4. The zero-order valence-corrected chi connectivity index (χ0v) is 11.7. The molecule has 0 N–H and O–H groups in total. The quantitative estimate of drug-likeness (QED) is 0.464. The largest absolute Gasteiger partial charge is 0.497 e. The number of nitrogens with zero attached hydrogens (tertiary/aromatic N) is 1. The summed E-state index contributed by atoms with van der Waals surface area (Å²) >= 11 is 0. The van der Waals surface area contributed by atoms with Crippen molar-refractivity contribution < 1.29 is 14.3 Å². The molecule has 2 aromatic carbocycles. The third-order valence-electron chi connectivity index (χ3n) is 2.86. The van der Waals surface area contributed by atoms with Crippen LogP contribution < -0.4 is 4.74 Å². The Morgan fingerprint density at radius 1 is 1.05 bits per heavy atom. The summed E-state index contributed by atoms with van der Waals surface area (Å²) in [7, 11) is 1.58. The first-order chi connectivity index (χ1) is 10.2. The van der Waals surface area contributed by atoms with Crippen LogP contribution in [0, 0.1) is 0 Å². The molecule has 0 heterocycles. The predicted molar refractivity (Wildman–Crippen MR) is 81.5 cm³/mol. The van der Waals surface area contributed by atoms with Crippen LogP contribution in [-0.4, -0.2) is 24.9 Å². The minimum Gasteiger partial charge on any atom is -0.497 e. The Morgan fingerprint density at radius 2 is 1.71 bits per heavy atom. The van der Waals surface area contributed by atoms with Gasteiger partial charge in [0.05, 0.1) is 25.4 Å². The first kappa shape index (κ1) is 14.7. The van der Waals surface area contributed by atoms with Crippen LogP contribution in [0.3, 0.4) is 0 Å². The molecule has 2 rings (SSSR count). The molecule has 4 nitrogen and oxygen atoms in total. The molecule has 0 aromatic heterocycles. The van der Waals surface area contributed by atoms with Crippen molar-refractivity contribution in [3.63, 3.8) is 0 Å². The third kappa shape index (κ3) is 4.38. The van der Waals surface area contributed by atoms with Gasteiger partial charge < -0.3 is 4.74 Å². The lowest BCUT2D eigenvalue weighted by atomic mass is 10.1. The fraction of sp³-hybridized carbons (Fsp3) is 0.118. The van der Waals surface area contributed by atoms with Gasteiger partial charge in [0.25, 0.3) is 0 Å². The summed E-state index contributed by atoms with van der Waals surface area (Å²) in [5.41, 5.74) is 1.17. The van der Waals surface area contributed by atoms with Crippen molar-refractivity contribution in [2.24, 2.45) is 4.99 Å². The molecular weight excluding hydrogens is 266 g/mol. The van der Waals surface area contributed by atoms with Crippen molar-refractivity contribution in [3.05, 3.63) is 60.2 Å². The number of aliphatic imine (C=N–C) groups is 1. The summed E-state index contributed by atoms with van der Waals surface area (Å²) in [6, 6.07) is 15.7. The van der Waals surface area contributed by atoms with Gasteiger partial charge >= 0.3 is 0 Å². The Kier molecular flexibility index (Phi) is 4.99. The van der Waals surface area contributed by atoms with E-state index in [9.17, 15) is 9.59 Å². The van der Waals surface area contributed by atoms with Gasteiger partial charge in [-0.05, 0) is 24.3 Å². The highest BCUT2D eigenvalue weighted by atomic mass is 16.5. The van der Waals surface area contributed by atoms with E-state index in [4.69, 9.17) is 4.74 Å². The molecule has 0 atom stereocenters. The highest BCUT2D eigenvalue weighted by Crippen LogP contribution is 2.17. The van der Waals surface area contributed by atoms with Crippen LogP contribution >= 0.6 is 0 Å². The molecule has 21 heavy (non-hydrogen) atoms. The van der Waals surface area contributed by atoms with Crippen LogP contribution in [0.15, 0.2) is 59.6 Å². The molecule has 0 spiro atoms. The van der Waals surface area contributed by atoms with Gasteiger partial charge in [-0.3, -0.25) is 14.6 Å². The first-order valence-electron chi connectivity index (χ1n) is 6.48. The van der Waals surface area contributed by atoms with Crippen LogP contribution in [0.5, 0.6) is 5.75 Å². The summed E-state index contributed by atoms with van der Waals surface area (Å²) < 4.78 is 5.03. The van der Waals surface area contributed by atoms with E-state index in [1.54, 1.807) is 55.6 Å². The molecule has 0 aliphatic heterocycles. The lowest BCUT2D eigenvalue weighted by Gasteiger charge is -1.99. The van der Waals surface area contributed by atoms with Crippen molar-refractivity contribution in [1.29, 1.82) is 0 Å². The number of hydrogen-bond donors (Lipinski definition) is 0. The predicted octanol–water partition coefficient (Wildman–Crippen LogP) is 3.24. The maximum Gasteiger partial charge on any atom is 0.181 e. The normalized spacial score (nSPS) is 10.5. The minimum atomic E-state index is -0.320. The first-order valence-corrected chi connectivity index (χ1v) is 6.48. The van der Waals surface area contributed by atoms with Gasteiger partial charge in [0.15, 0.2) is 11.6 Å². The monoisotopic (exact) mass is 281 g/mol. The fourth-order valence-electron chi connectivity index (χ4n) is 1.74. The second-order valence-electron chi connectivity index (χ2n) is 4.39. The summed E-state index contributed by atoms with van der Waals surface area (Å²) in [6.45, 7) is 0. The van der Waals surface area contributed by atoms with E-state index < -0.39 is 0 Å². The van der Waals surface area contributed by atoms with Gasteiger partial charge in [0.2, 0.25) is 0 Å². The van der Waals surface area contributed by atoms with Gasteiger partial charge in [-0.15, -0.1) is 0 Å². The van der Waals surface area contributed by atoms with E-state index in [0.717, 1.165) is 5.75 Å². The minimum absolute atomic E-state index is 0.177. The summed E-state index contributed by atoms with van der Waals surface area (Å²) in [4.78, 5) is 27.6. The zero-order chi connectivity index (χ0) is 15.1. The molecule has 0 radical (unpaired) electrons. The maximum atomic E-state index is 11.9. The van der Waals surface area contributed by atoms with Crippen molar-refractivity contribution >= 4 is 23.5 Å². The number of carbonyl (C=O) groups is 2. The summed E-state index contributed by atoms with van der Waals surface area (Å²) in [6.07, 6.45) is 1.01. The average Bonchev–Trinajstić information content (AvgIpc) is 2.54. The third-order valence-corrected chi connectivity index (χ3v) is 2.86. The van der Waals surface area contributed by atoms with Gasteiger partial charge in [-0.1, -0.05) is 30.3 Å². The van der Waals surface area contributed by atoms with Crippen LogP contribution in [0.1, 0.15) is 16.8 Å². The second-order valence-corrected chi connectivity index (χ2v) is 4.39. The Labute approximate surface area is 123 Å². The Bertz CT molecular complexity index is 645. The number of rotatable bonds is 6. The van der Waals surface area contributed by atoms with E-state index in [2.05, 4.69) is 4.99 Å². The molecule has 0 saturated heterocycles. The molecule has 2 aromatic rings. The molecule has 0 saturated carbocycles. The van der Waals surface area contributed by atoms with Crippen molar-refractivity contribution in [2.45, 2.75) is 6.42 Å². The summed E-state index contributed by atoms with van der Waals surface area (Å²) in [5, 5.41) is 0. The SMILES string of the molecule is COc1ccc(N=CC(=O)CC(=O)c2ccccc2)cc1. The lowest BCUT2D eigenvalue weighted by molar-refractivity contribution is -0.111. The van der Waals surface area contributed by atoms with Crippen LogP contribution in [0.4, 0.5) is 5.69 Å². The number of benzene rings is 2. The van der Waals surface area contributed by atoms with E-state index in [0.29, 0.717) is 11.3 Å². The van der Waals surface area contributed by atoms with Crippen molar-refractivity contribution in [1.82, 2.24) is 0 Å². The van der Waals surface area contributed by atoms with Gasteiger partial charge in [-0.2, -0.15) is 0 Å². The number of ether oxygens (including phenoxy) is 1. The van der Waals surface area contributed by atoms with E-state index in [1.807, 2.05) is 6.07 Å². The van der Waals surface area contributed by atoms with E-state index in [1.165, 1.54) is 6.21 Å².